The number of aliphatic hydroxyl groups is 1. The average molecular weight is 261 g/mol. The molecular weight excluding hydrogens is 238 g/mol. The highest BCUT2D eigenvalue weighted by Gasteiger charge is 2.40. The molecule has 5 heteroatoms. The fourth-order valence-corrected chi connectivity index (χ4v) is 5.17. The minimum absolute atomic E-state index is 0.0849. The van der Waals surface area contributed by atoms with Gasteiger partial charge in [0.2, 0.25) is 10.0 Å². The Labute approximate surface area is 104 Å². The van der Waals surface area contributed by atoms with Crippen molar-refractivity contribution >= 4 is 10.0 Å². The maximum atomic E-state index is 12.2. The number of fused-ring (bicyclic) bond motifs is 1. The smallest absolute Gasteiger partial charge is 0.214 e. The molecule has 0 amide bonds. The van der Waals surface area contributed by atoms with E-state index in [9.17, 15) is 8.42 Å². The third-order valence-electron chi connectivity index (χ3n) is 4.11. The number of rotatable bonds is 5. The van der Waals surface area contributed by atoms with Crippen LogP contribution in [0.25, 0.3) is 0 Å². The first kappa shape index (κ1) is 13.3. The van der Waals surface area contributed by atoms with Crippen molar-refractivity contribution in [1.29, 1.82) is 0 Å². The first-order chi connectivity index (χ1) is 8.15. The number of aliphatic hydroxyl groups excluding tert-OH is 1. The van der Waals surface area contributed by atoms with Crippen LogP contribution in [0.4, 0.5) is 0 Å². The van der Waals surface area contributed by atoms with Crippen LogP contribution in [-0.2, 0) is 10.0 Å². The Balaban J connectivity index is 1.99. The van der Waals surface area contributed by atoms with Crippen LogP contribution in [0.2, 0.25) is 0 Å². The molecule has 0 aromatic heterocycles. The lowest BCUT2D eigenvalue weighted by Crippen LogP contribution is -2.47. The molecule has 1 aliphatic heterocycles. The van der Waals surface area contributed by atoms with Crippen LogP contribution in [-0.4, -0.2) is 42.8 Å². The summed E-state index contributed by atoms with van der Waals surface area (Å²) < 4.78 is 26.3. The molecule has 0 radical (unpaired) electrons. The fraction of sp³-hybridized carbons (Fsp3) is 1.00. The fourth-order valence-electron chi connectivity index (χ4n) is 3.27. The standard InChI is InChI=1S/C12H23NO3S/c14-9-1-2-10-17(15,16)13-8-4-6-11-5-3-7-12(11)13/h11-12,14H,1-10H2. The van der Waals surface area contributed by atoms with Crippen LogP contribution < -0.4 is 0 Å². The molecule has 1 aliphatic carbocycles. The molecule has 0 spiro atoms. The summed E-state index contributed by atoms with van der Waals surface area (Å²) >= 11 is 0. The van der Waals surface area contributed by atoms with Gasteiger partial charge in [0, 0.05) is 19.2 Å². The number of piperidine rings is 1. The van der Waals surface area contributed by atoms with Crippen molar-refractivity contribution in [1.82, 2.24) is 4.31 Å². The van der Waals surface area contributed by atoms with Crippen molar-refractivity contribution in [2.24, 2.45) is 5.92 Å². The number of unbranched alkanes of at least 4 members (excludes halogenated alkanes) is 1. The molecule has 2 atom stereocenters. The van der Waals surface area contributed by atoms with Gasteiger partial charge in [0.25, 0.3) is 0 Å². The summed E-state index contributed by atoms with van der Waals surface area (Å²) in [6.07, 6.45) is 6.80. The van der Waals surface area contributed by atoms with Crippen LogP contribution in [0, 0.1) is 5.92 Å². The van der Waals surface area contributed by atoms with E-state index in [1.807, 2.05) is 0 Å². The van der Waals surface area contributed by atoms with Crippen LogP contribution in [0.3, 0.4) is 0 Å². The van der Waals surface area contributed by atoms with Gasteiger partial charge in [-0.3, -0.25) is 0 Å². The van der Waals surface area contributed by atoms with Gasteiger partial charge in [-0.2, -0.15) is 4.31 Å². The minimum atomic E-state index is -3.09. The van der Waals surface area contributed by atoms with E-state index >= 15 is 0 Å². The Hall–Kier alpha value is -0.130. The van der Waals surface area contributed by atoms with E-state index in [1.165, 1.54) is 19.3 Å². The summed E-state index contributed by atoms with van der Waals surface area (Å²) in [5, 5.41) is 8.72. The summed E-state index contributed by atoms with van der Waals surface area (Å²) in [4.78, 5) is 0. The number of hydrogen-bond acceptors (Lipinski definition) is 3. The quantitative estimate of drug-likeness (QED) is 0.760. The Morgan fingerprint density at radius 1 is 1.12 bits per heavy atom. The van der Waals surface area contributed by atoms with E-state index in [0.717, 1.165) is 12.8 Å². The minimum Gasteiger partial charge on any atom is -0.396 e. The Morgan fingerprint density at radius 3 is 2.65 bits per heavy atom. The molecule has 1 N–H and O–H groups in total. The summed E-state index contributed by atoms with van der Waals surface area (Å²) in [7, 11) is -3.09. The van der Waals surface area contributed by atoms with E-state index in [2.05, 4.69) is 0 Å². The SMILES string of the molecule is O=S(=O)(CCCCO)N1CCCC2CCCC21. The van der Waals surface area contributed by atoms with E-state index in [1.54, 1.807) is 4.31 Å². The lowest BCUT2D eigenvalue weighted by Gasteiger charge is -2.36. The monoisotopic (exact) mass is 261 g/mol. The zero-order valence-electron chi connectivity index (χ0n) is 10.3. The highest BCUT2D eigenvalue weighted by molar-refractivity contribution is 7.89. The third kappa shape index (κ3) is 3.01. The van der Waals surface area contributed by atoms with Gasteiger partial charge in [0.15, 0.2) is 0 Å². The molecule has 100 valence electrons. The van der Waals surface area contributed by atoms with Crippen molar-refractivity contribution in [3.05, 3.63) is 0 Å². The largest absolute Gasteiger partial charge is 0.396 e. The summed E-state index contributed by atoms with van der Waals surface area (Å²) in [5.41, 5.74) is 0. The molecule has 2 aliphatic rings. The molecule has 4 nitrogen and oxygen atoms in total. The van der Waals surface area contributed by atoms with Crippen LogP contribution >= 0.6 is 0 Å². The van der Waals surface area contributed by atoms with Gasteiger partial charge in [-0.05, 0) is 44.4 Å². The van der Waals surface area contributed by atoms with Crippen molar-refractivity contribution in [2.45, 2.75) is 51.0 Å². The van der Waals surface area contributed by atoms with Crippen molar-refractivity contribution in [2.75, 3.05) is 18.9 Å². The van der Waals surface area contributed by atoms with Gasteiger partial charge < -0.3 is 5.11 Å². The van der Waals surface area contributed by atoms with E-state index < -0.39 is 10.0 Å². The molecular formula is C12H23NO3S. The molecule has 0 aromatic carbocycles. The second kappa shape index (κ2) is 5.67. The first-order valence-corrected chi connectivity index (χ1v) is 8.36. The predicted molar refractivity (Wildman–Crippen MR) is 67.2 cm³/mol. The highest BCUT2D eigenvalue weighted by atomic mass is 32.2. The molecule has 2 unspecified atom stereocenters. The molecule has 0 bridgehead atoms. The van der Waals surface area contributed by atoms with Gasteiger partial charge >= 0.3 is 0 Å². The summed E-state index contributed by atoms with van der Waals surface area (Å²) in [6, 6.07) is 0.280. The maximum absolute atomic E-state index is 12.2. The van der Waals surface area contributed by atoms with Crippen molar-refractivity contribution < 1.29 is 13.5 Å². The Bertz CT molecular complexity index is 342. The van der Waals surface area contributed by atoms with Gasteiger partial charge in [-0.15, -0.1) is 0 Å². The van der Waals surface area contributed by atoms with E-state index in [0.29, 0.717) is 25.3 Å². The van der Waals surface area contributed by atoms with Crippen molar-refractivity contribution in [3.63, 3.8) is 0 Å². The zero-order valence-corrected chi connectivity index (χ0v) is 11.2. The molecule has 1 heterocycles. The molecule has 1 saturated carbocycles. The molecule has 2 rings (SSSR count). The van der Waals surface area contributed by atoms with Crippen molar-refractivity contribution in [3.8, 4) is 0 Å². The van der Waals surface area contributed by atoms with Gasteiger partial charge in [0.05, 0.1) is 5.75 Å². The summed E-state index contributed by atoms with van der Waals surface area (Å²) in [5.74, 6) is 0.813. The predicted octanol–water partition coefficient (Wildman–Crippen LogP) is 1.35. The van der Waals surface area contributed by atoms with Gasteiger partial charge in [-0.1, -0.05) is 6.42 Å². The number of hydrogen-bond donors (Lipinski definition) is 1. The number of nitrogens with zero attached hydrogens (tertiary/aromatic N) is 1. The Kier molecular flexibility index (Phi) is 4.44. The van der Waals surface area contributed by atoms with Gasteiger partial charge in [0.1, 0.15) is 0 Å². The molecule has 1 saturated heterocycles. The average Bonchev–Trinajstić information content (AvgIpc) is 2.76. The van der Waals surface area contributed by atoms with E-state index in [4.69, 9.17) is 5.11 Å². The number of sulfonamides is 1. The first-order valence-electron chi connectivity index (χ1n) is 6.75. The zero-order chi connectivity index (χ0) is 12.3. The molecule has 2 fully saturated rings. The normalized spacial score (nSPS) is 30.4. The third-order valence-corrected chi connectivity index (χ3v) is 6.08. The van der Waals surface area contributed by atoms with Crippen LogP contribution in [0.5, 0.6) is 0 Å². The highest BCUT2D eigenvalue weighted by Crippen LogP contribution is 2.38. The molecule has 0 aromatic rings. The second-order valence-corrected chi connectivity index (χ2v) is 7.30. The molecule has 17 heavy (non-hydrogen) atoms. The maximum Gasteiger partial charge on any atom is 0.214 e. The van der Waals surface area contributed by atoms with Crippen LogP contribution in [0.1, 0.15) is 44.9 Å². The lowest BCUT2D eigenvalue weighted by molar-refractivity contribution is 0.202. The topological polar surface area (TPSA) is 57.6 Å². The lowest BCUT2D eigenvalue weighted by atomic mass is 9.94. The van der Waals surface area contributed by atoms with Crippen LogP contribution in [0.15, 0.2) is 0 Å². The van der Waals surface area contributed by atoms with Gasteiger partial charge in [-0.25, -0.2) is 8.42 Å². The second-order valence-electron chi connectivity index (χ2n) is 5.26. The van der Waals surface area contributed by atoms with E-state index in [-0.39, 0.29) is 18.4 Å². The summed E-state index contributed by atoms with van der Waals surface area (Å²) in [6.45, 7) is 0.796. The Morgan fingerprint density at radius 2 is 1.88 bits per heavy atom.